The minimum absolute atomic E-state index is 1.31. The topological polar surface area (TPSA) is 6.48 Å². The lowest BCUT2D eigenvalue weighted by atomic mass is 10.1. The zero-order valence-corrected chi connectivity index (χ0v) is 12.8. The SMILES string of the molecule is CN1CCCCCCCN(C)CCCCCCC1. The first-order valence-corrected chi connectivity index (χ1v) is 8.16. The van der Waals surface area contributed by atoms with E-state index in [0.717, 1.165) is 0 Å². The molecule has 0 bridgehead atoms. The summed E-state index contributed by atoms with van der Waals surface area (Å²) in [4.78, 5) is 5.05. The number of nitrogens with zero attached hydrogens (tertiary/aromatic N) is 2. The molecule has 0 N–H and O–H groups in total. The van der Waals surface area contributed by atoms with Gasteiger partial charge >= 0.3 is 0 Å². The Labute approximate surface area is 115 Å². The molecule has 1 fully saturated rings. The van der Waals surface area contributed by atoms with Crippen LogP contribution in [0.25, 0.3) is 0 Å². The highest BCUT2D eigenvalue weighted by Crippen LogP contribution is 2.08. The molecule has 1 rings (SSSR count). The summed E-state index contributed by atoms with van der Waals surface area (Å²) in [6.45, 7) is 5.22. The predicted molar refractivity (Wildman–Crippen MR) is 81.2 cm³/mol. The standard InChI is InChI=1S/C16H34N2/c1-17-13-9-5-3-7-11-15-18(2)16-12-8-4-6-10-14-17/h3-16H2,1-2H3. The van der Waals surface area contributed by atoms with Crippen molar-refractivity contribution < 1.29 is 0 Å². The van der Waals surface area contributed by atoms with Crippen LogP contribution in [0.5, 0.6) is 0 Å². The molecule has 2 nitrogen and oxygen atoms in total. The molecule has 0 aromatic carbocycles. The van der Waals surface area contributed by atoms with Gasteiger partial charge in [-0.25, -0.2) is 0 Å². The van der Waals surface area contributed by atoms with E-state index in [1.54, 1.807) is 0 Å². The summed E-state index contributed by atoms with van der Waals surface area (Å²) < 4.78 is 0. The largest absolute Gasteiger partial charge is 0.306 e. The van der Waals surface area contributed by atoms with Gasteiger partial charge in [-0.05, 0) is 66.0 Å². The fraction of sp³-hybridized carbons (Fsp3) is 1.00. The summed E-state index contributed by atoms with van der Waals surface area (Å²) in [5.74, 6) is 0. The molecule has 1 aliphatic heterocycles. The van der Waals surface area contributed by atoms with Gasteiger partial charge < -0.3 is 9.80 Å². The van der Waals surface area contributed by atoms with Crippen molar-refractivity contribution in [2.75, 3.05) is 40.3 Å². The molecule has 0 aliphatic carbocycles. The lowest BCUT2D eigenvalue weighted by Gasteiger charge is -2.18. The normalized spacial score (nSPS) is 25.0. The molecule has 18 heavy (non-hydrogen) atoms. The van der Waals surface area contributed by atoms with Gasteiger partial charge in [-0.15, -0.1) is 0 Å². The monoisotopic (exact) mass is 254 g/mol. The predicted octanol–water partition coefficient (Wildman–Crippen LogP) is 3.76. The quantitative estimate of drug-likeness (QED) is 0.649. The Kier molecular flexibility index (Phi) is 9.59. The van der Waals surface area contributed by atoms with Crippen LogP contribution in [0.4, 0.5) is 0 Å². The molecule has 108 valence electrons. The fourth-order valence-electron chi connectivity index (χ4n) is 2.81. The first kappa shape index (κ1) is 16.0. The Morgan fingerprint density at radius 2 is 0.611 bits per heavy atom. The molecule has 1 saturated heterocycles. The summed E-state index contributed by atoms with van der Waals surface area (Å²) >= 11 is 0. The maximum atomic E-state index is 2.53. The molecule has 2 heteroatoms. The van der Waals surface area contributed by atoms with Crippen molar-refractivity contribution in [3.63, 3.8) is 0 Å². The second-order valence-electron chi connectivity index (χ2n) is 6.14. The van der Waals surface area contributed by atoms with Gasteiger partial charge in [-0.2, -0.15) is 0 Å². The minimum atomic E-state index is 1.31. The summed E-state index contributed by atoms with van der Waals surface area (Å²) in [6, 6.07) is 0. The molecule has 1 heterocycles. The van der Waals surface area contributed by atoms with E-state index in [2.05, 4.69) is 23.9 Å². The van der Waals surface area contributed by atoms with Gasteiger partial charge in [-0.1, -0.05) is 38.5 Å². The average molecular weight is 254 g/mol. The van der Waals surface area contributed by atoms with Crippen LogP contribution in [0.3, 0.4) is 0 Å². The van der Waals surface area contributed by atoms with Crippen molar-refractivity contribution in [2.24, 2.45) is 0 Å². The Morgan fingerprint density at radius 1 is 0.389 bits per heavy atom. The summed E-state index contributed by atoms with van der Waals surface area (Å²) in [5.41, 5.74) is 0. The Bertz CT molecular complexity index is 146. The molecule has 0 unspecified atom stereocenters. The van der Waals surface area contributed by atoms with Crippen LogP contribution in [-0.2, 0) is 0 Å². The van der Waals surface area contributed by atoms with E-state index in [4.69, 9.17) is 0 Å². The van der Waals surface area contributed by atoms with Gasteiger partial charge in [0.2, 0.25) is 0 Å². The maximum Gasteiger partial charge on any atom is -0.00218 e. The molecule has 1 aliphatic rings. The highest BCUT2D eigenvalue weighted by atomic mass is 15.1. The zero-order valence-electron chi connectivity index (χ0n) is 12.8. The maximum absolute atomic E-state index is 2.53. The van der Waals surface area contributed by atoms with Crippen LogP contribution < -0.4 is 0 Å². The van der Waals surface area contributed by atoms with Crippen LogP contribution in [0.15, 0.2) is 0 Å². The van der Waals surface area contributed by atoms with Crippen LogP contribution >= 0.6 is 0 Å². The highest BCUT2D eigenvalue weighted by molar-refractivity contribution is 4.57. The Morgan fingerprint density at radius 3 is 0.889 bits per heavy atom. The third kappa shape index (κ3) is 8.93. The third-order valence-corrected chi connectivity index (χ3v) is 4.16. The number of rotatable bonds is 0. The van der Waals surface area contributed by atoms with E-state index < -0.39 is 0 Å². The molecule has 0 saturated carbocycles. The van der Waals surface area contributed by atoms with Crippen molar-refractivity contribution in [2.45, 2.75) is 64.2 Å². The number of hydrogen-bond donors (Lipinski definition) is 0. The van der Waals surface area contributed by atoms with E-state index in [-0.39, 0.29) is 0 Å². The molecule has 0 aromatic heterocycles. The van der Waals surface area contributed by atoms with Gasteiger partial charge in [-0.3, -0.25) is 0 Å². The second kappa shape index (κ2) is 10.8. The van der Waals surface area contributed by atoms with E-state index in [1.165, 1.54) is 90.4 Å². The van der Waals surface area contributed by atoms with Gasteiger partial charge in [0.15, 0.2) is 0 Å². The Balaban J connectivity index is 2.17. The molecule has 0 aromatic rings. The van der Waals surface area contributed by atoms with Crippen LogP contribution in [-0.4, -0.2) is 50.1 Å². The first-order chi connectivity index (χ1) is 8.79. The van der Waals surface area contributed by atoms with Crippen LogP contribution in [0, 0.1) is 0 Å². The lowest BCUT2D eigenvalue weighted by molar-refractivity contribution is 0.297. The third-order valence-electron chi connectivity index (χ3n) is 4.16. The van der Waals surface area contributed by atoms with E-state index in [1.807, 2.05) is 0 Å². The molecule has 0 atom stereocenters. The first-order valence-electron chi connectivity index (χ1n) is 8.16. The van der Waals surface area contributed by atoms with Gasteiger partial charge in [0.25, 0.3) is 0 Å². The zero-order chi connectivity index (χ0) is 13.1. The molecule has 0 amide bonds. The fourth-order valence-corrected chi connectivity index (χ4v) is 2.81. The molecular formula is C16H34N2. The number of hydrogen-bond acceptors (Lipinski definition) is 2. The minimum Gasteiger partial charge on any atom is -0.306 e. The lowest BCUT2D eigenvalue weighted by Crippen LogP contribution is -2.22. The van der Waals surface area contributed by atoms with Gasteiger partial charge in [0, 0.05) is 0 Å². The average Bonchev–Trinajstić information content (AvgIpc) is 2.35. The second-order valence-corrected chi connectivity index (χ2v) is 6.14. The smallest absolute Gasteiger partial charge is 0.00218 e. The highest BCUT2D eigenvalue weighted by Gasteiger charge is 2.01. The van der Waals surface area contributed by atoms with Crippen molar-refractivity contribution in [3.05, 3.63) is 0 Å². The van der Waals surface area contributed by atoms with Crippen LogP contribution in [0.2, 0.25) is 0 Å². The van der Waals surface area contributed by atoms with Gasteiger partial charge in [0.1, 0.15) is 0 Å². The van der Waals surface area contributed by atoms with E-state index in [9.17, 15) is 0 Å². The van der Waals surface area contributed by atoms with Crippen LogP contribution in [0.1, 0.15) is 64.2 Å². The molecule has 0 radical (unpaired) electrons. The Hall–Kier alpha value is -0.0800. The van der Waals surface area contributed by atoms with Crippen molar-refractivity contribution in [1.82, 2.24) is 9.80 Å². The van der Waals surface area contributed by atoms with Crippen molar-refractivity contribution >= 4 is 0 Å². The molecule has 0 spiro atoms. The summed E-state index contributed by atoms with van der Waals surface area (Å²) in [5, 5.41) is 0. The van der Waals surface area contributed by atoms with E-state index >= 15 is 0 Å². The summed E-state index contributed by atoms with van der Waals surface area (Å²) in [6.07, 6.45) is 14.1. The van der Waals surface area contributed by atoms with Gasteiger partial charge in [0.05, 0.1) is 0 Å². The van der Waals surface area contributed by atoms with E-state index in [0.29, 0.717) is 0 Å². The molecular weight excluding hydrogens is 220 g/mol. The van der Waals surface area contributed by atoms with Crippen molar-refractivity contribution in [3.8, 4) is 0 Å². The van der Waals surface area contributed by atoms with Crippen molar-refractivity contribution in [1.29, 1.82) is 0 Å². The summed E-state index contributed by atoms with van der Waals surface area (Å²) in [7, 11) is 4.58.